The molecule has 3 rings (SSSR count). The summed E-state index contributed by atoms with van der Waals surface area (Å²) in [5.41, 5.74) is 2.16. The molecule has 0 bridgehead atoms. The third kappa shape index (κ3) is 6.80. The molecule has 3 amide bonds. The number of para-hydroxylation sites is 1. The maximum Gasteiger partial charge on any atom is 0.243 e. The molecule has 8 heteroatoms. The van der Waals surface area contributed by atoms with E-state index in [0.29, 0.717) is 17.3 Å². The predicted octanol–water partition coefficient (Wildman–Crippen LogP) is 3.05. The number of benzene rings is 2. The fourth-order valence-electron chi connectivity index (χ4n) is 3.55. The topological polar surface area (TPSA) is 90.5 Å². The summed E-state index contributed by atoms with van der Waals surface area (Å²) in [6, 6.07) is 14.6. The maximum atomic E-state index is 12.5. The summed E-state index contributed by atoms with van der Waals surface area (Å²) >= 11 is 6.06. The fraction of sp³-hybridized carbons (Fsp3) is 0.348. The summed E-state index contributed by atoms with van der Waals surface area (Å²) in [6.45, 7) is 3.10. The van der Waals surface area contributed by atoms with Crippen LogP contribution >= 0.6 is 11.6 Å². The minimum absolute atomic E-state index is 0.0347. The number of nitrogens with zero attached hydrogens (tertiary/aromatic N) is 1. The lowest BCUT2D eigenvalue weighted by atomic mass is 9.97. The molecular formula is C23H27ClN4O3. The Labute approximate surface area is 187 Å². The largest absolute Gasteiger partial charge is 0.346 e. The lowest BCUT2D eigenvalue weighted by Gasteiger charge is -2.31. The normalized spacial score (nSPS) is 16.4. The number of amides is 3. The van der Waals surface area contributed by atoms with Crippen LogP contribution in [0.25, 0.3) is 0 Å². The lowest BCUT2D eigenvalue weighted by molar-refractivity contribution is -0.127. The van der Waals surface area contributed by atoms with Crippen molar-refractivity contribution in [2.75, 3.05) is 36.8 Å². The zero-order valence-electron chi connectivity index (χ0n) is 17.5. The number of nitrogens with one attached hydrogen (secondary N) is 3. The summed E-state index contributed by atoms with van der Waals surface area (Å²) in [5.74, 6) is -0.775. The van der Waals surface area contributed by atoms with Crippen LogP contribution < -0.4 is 16.0 Å². The Hall–Kier alpha value is -2.90. The Morgan fingerprint density at radius 1 is 1.03 bits per heavy atom. The first kappa shape index (κ1) is 22.8. The minimum atomic E-state index is -0.322. The van der Waals surface area contributed by atoms with Gasteiger partial charge >= 0.3 is 0 Å². The quantitative estimate of drug-likeness (QED) is 0.614. The number of hydrogen-bond acceptors (Lipinski definition) is 4. The van der Waals surface area contributed by atoms with Gasteiger partial charge in [-0.05, 0) is 56.1 Å². The van der Waals surface area contributed by atoms with Crippen LogP contribution in [-0.4, -0.2) is 48.8 Å². The monoisotopic (exact) mass is 442 g/mol. The van der Waals surface area contributed by atoms with Gasteiger partial charge in [0, 0.05) is 22.9 Å². The molecule has 0 spiro atoms. The van der Waals surface area contributed by atoms with Gasteiger partial charge in [-0.1, -0.05) is 35.9 Å². The van der Waals surface area contributed by atoms with Gasteiger partial charge in [0.15, 0.2) is 0 Å². The van der Waals surface area contributed by atoms with Crippen molar-refractivity contribution in [1.29, 1.82) is 0 Å². The van der Waals surface area contributed by atoms with E-state index < -0.39 is 0 Å². The standard InChI is InChI=1S/C23H27ClN4O3/c1-16-19(24)10-5-11-20(16)27-21(29)13-25-22(30)15-28-12-6-7-17(14-28)23(31)26-18-8-3-2-4-9-18/h2-5,8-11,17H,6-7,12-15H2,1H3,(H,25,30)(H,26,31)(H,27,29). The SMILES string of the molecule is Cc1c(Cl)cccc1NC(=O)CNC(=O)CN1CCCC(C(=O)Nc2ccccc2)C1. The molecule has 0 radical (unpaired) electrons. The van der Waals surface area contributed by atoms with E-state index in [2.05, 4.69) is 16.0 Å². The van der Waals surface area contributed by atoms with Gasteiger partial charge in [0.1, 0.15) is 0 Å². The Kier molecular flexibility index (Phi) is 8.03. The van der Waals surface area contributed by atoms with Crippen molar-refractivity contribution >= 4 is 40.7 Å². The number of likely N-dealkylation sites (tertiary alicyclic amines) is 1. The van der Waals surface area contributed by atoms with Crippen molar-refractivity contribution in [1.82, 2.24) is 10.2 Å². The van der Waals surface area contributed by atoms with E-state index in [1.165, 1.54) is 0 Å². The highest BCUT2D eigenvalue weighted by Crippen LogP contribution is 2.22. The van der Waals surface area contributed by atoms with Crippen molar-refractivity contribution in [2.24, 2.45) is 5.92 Å². The number of anilines is 2. The first-order chi connectivity index (χ1) is 14.9. The van der Waals surface area contributed by atoms with Gasteiger partial charge in [0.25, 0.3) is 0 Å². The molecule has 1 unspecified atom stereocenters. The van der Waals surface area contributed by atoms with Gasteiger partial charge in [-0.25, -0.2) is 0 Å². The Bertz CT molecular complexity index is 936. The van der Waals surface area contributed by atoms with Crippen molar-refractivity contribution in [3.05, 3.63) is 59.1 Å². The van der Waals surface area contributed by atoms with Crippen molar-refractivity contribution in [3.63, 3.8) is 0 Å². The summed E-state index contributed by atoms with van der Waals surface area (Å²) in [7, 11) is 0. The highest BCUT2D eigenvalue weighted by Gasteiger charge is 2.27. The van der Waals surface area contributed by atoms with E-state index >= 15 is 0 Å². The Morgan fingerprint density at radius 3 is 2.58 bits per heavy atom. The molecule has 1 fully saturated rings. The third-order valence-corrected chi connectivity index (χ3v) is 5.68. The van der Waals surface area contributed by atoms with Crippen molar-refractivity contribution < 1.29 is 14.4 Å². The maximum absolute atomic E-state index is 12.5. The van der Waals surface area contributed by atoms with Gasteiger partial charge in [0.2, 0.25) is 17.7 Å². The van der Waals surface area contributed by atoms with E-state index in [4.69, 9.17) is 11.6 Å². The summed E-state index contributed by atoms with van der Waals surface area (Å²) in [5, 5.41) is 8.89. The van der Waals surface area contributed by atoms with Gasteiger partial charge in [0.05, 0.1) is 19.0 Å². The third-order valence-electron chi connectivity index (χ3n) is 5.27. The van der Waals surface area contributed by atoms with Crippen molar-refractivity contribution in [2.45, 2.75) is 19.8 Å². The molecule has 31 heavy (non-hydrogen) atoms. The van der Waals surface area contributed by atoms with Crippen LogP contribution in [0.3, 0.4) is 0 Å². The summed E-state index contributed by atoms with van der Waals surface area (Å²) < 4.78 is 0. The second-order valence-electron chi connectivity index (χ2n) is 7.67. The molecule has 7 nitrogen and oxygen atoms in total. The molecule has 1 saturated heterocycles. The van der Waals surface area contributed by atoms with Crippen LogP contribution in [0.4, 0.5) is 11.4 Å². The van der Waals surface area contributed by atoms with Crippen LogP contribution in [0.15, 0.2) is 48.5 Å². The Morgan fingerprint density at radius 2 is 1.81 bits per heavy atom. The summed E-state index contributed by atoms with van der Waals surface area (Å²) in [6.07, 6.45) is 1.63. The molecule has 164 valence electrons. The van der Waals surface area contributed by atoms with Crippen LogP contribution in [0.5, 0.6) is 0 Å². The lowest BCUT2D eigenvalue weighted by Crippen LogP contribution is -2.46. The van der Waals surface area contributed by atoms with Gasteiger partial charge in [-0.15, -0.1) is 0 Å². The number of hydrogen-bond donors (Lipinski definition) is 3. The molecular weight excluding hydrogens is 416 g/mol. The average molecular weight is 443 g/mol. The highest BCUT2D eigenvalue weighted by atomic mass is 35.5. The molecule has 2 aromatic rings. The second-order valence-corrected chi connectivity index (χ2v) is 8.07. The van der Waals surface area contributed by atoms with E-state index in [-0.39, 0.29) is 36.7 Å². The molecule has 1 atom stereocenters. The molecule has 0 aromatic heterocycles. The molecule has 1 aliphatic heterocycles. The fourth-order valence-corrected chi connectivity index (χ4v) is 3.73. The second kappa shape index (κ2) is 10.9. The number of piperidine rings is 1. The highest BCUT2D eigenvalue weighted by molar-refractivity contribution is 6.31. The smallest absolute Gasteiger partial charge is 0.243 e. The summed E-state index contributed by atoms with van der Waals surface area (Å²) in [4.78, 5) is 38.9. The van der Waals surface area contributed by atoms with E-state index in [1.807, 2.05) is 42.2 Å². The average Bonchev–Trinajstić information content (AvgIpc) is 2.76. The van der Waals surface area contributed by atoms with E-state index in [0.717, 1.165) is 30.6 Å². The molecule has 1 aliphatic rings. The number of rotatable bonds is 7. The molecule has 3 N–H and O–H groups in total. The number of halogens is 1. The zero-order chi connectivity index (χ0) is 22.2. The molecule has 2 aromatic carbocycles. The van der Waals surface area contributed by atoms with Crippen LogP contribution in [0.2, 0.25) is 5.02 Å². The molecule has 0 saturated carbocycles. The zero-order valence-corrected chi connectivity index (χ0v) is 18.2. The predicted molar refractivity (Wildman–Crippen MR) is 122 cm³/mol. The first-order valence-electron chi connectivity index (χ1n) is 10.3. The molecule has 0 aliphatic carbocycles. The van der Waals surface area contributed by atoms with Crippen LogP contribution in [-0.2, 0) is 14.4 Å². The number of carbonyl (C=O) groups is 3. The van der Waals surface area contributed by atoms with Crippen molar-refractivity contribution in [3.8, 4) is 0 Å². The van der Waals surface area contributed by atoms with Gasteiger partial charge in [-0.3, -0.25) is 19.3 Å². The minimum Gasteiger partial charge on any atom is -0.346 e. The van der Waals surface area contributed by atoms with Crippen LogP contribution in [0.1, 0.15) is 18.4 Å². The van der Waals surface area contributed by atoms with E-state index in [9.17, 15) is 14.4 Å². The van der Waals surface area contributed by atoms with Gasteiger partial charge in [-0.2, -0.15) is 0 Å². The Balaban J connectivity index is 1.43. The first-order valence-corrected chi connectivity index (χ1v) is 10.7. The molecule has 1 heterocycles. The van der Waals surface area contributed by atoms with Crippen LogP contribution in [0, 0.1) is 12.8 Å². The number of carbonyl (C=O) groups excluding carboxylic acids is 3. The van der Waals surface area contributed by atoms with Gasteiger partial charge < -0.3 is 16.0 Å². The van der Waals surface area contributed by atoms with E-state index in [1.54, 1.807) is 18.2 Å².